The molecule has 1 heterocycles. The molecular formula is C14H27N. The molecule has 1 heteroatoms. The van der Waals surface area contributed by atoms with Gasteiger partial charge >= 0.3 is 0 Å². The van der Waals surface area contributed by atoms with Crippen LogP contribution in [0, 0.1) is 0 Å². The summed E-state index contributed by atoms with van der Waals surface area (Å²) in [6.07, 6.45) is 3.00. The number of rotatable bonds is 2. The molecule has 0 amide bonds. The normalized spacial score (nSPS) is 8.53. The van der Waals surface area contributed by atoms with Crippen LogP contribution in [-0.2, 0) is 6.42 Å². The highest BCUT2D eigenvalue weighted by atomic mass is 14.7. The van der Waals surface area contributed by atoms with E-state index in [0.717, 1.165) is 6.42 Å². The molecule has 0 radical (unpaired) electrons. The molecule has 1 aromatic heterocycles. The van der Waals surface area contributed by atoms with E-state index >= 15 is 0 Å². The topological polar surface area (TPSA) is 12.9 Å². The molecule has 0 saturated carbocycles. The van der Waals surface area contributed by atoms with E-state index in [-0.39, 0.29) is 0 Å². The van der Waals surface area contributed by atoms with E-state index in [1.807, 2.05) is 33.9 Å². The van der Waals surface area contributed by atoms with Crippen LogP contribution in [0.1, 0.15) is 65.6 Å². The lowest BCUT2D eigenvalue weighted by Gasteiger charge is -2.04. The first kappa shape index (κ1) is 16.6. The van der Waals surface area contributed by atoms with Crippen LogP contribution in [0.15, 0.2) is 18.3 Å². The standard InChI is InChI=1S/C10H15N.2C2H6/c1-4-10-6-5-9(7-11-10)8(2)3;2*1-2/h5-8H,4H2,1-3H3;2*1-2H3. The summed E-state index contributed by atoms with van der Waals surface area (Å²) in [5, 5.41) is 0. The van der Waals surface area contributed by atoms with Crippen molar-refractivity contribution in [2.45, 2.75) is 60.8 Å². The van der Waals surface area contributed by atoms with E-state index in [4.69, 9.17) is 0 Å². The van der Waals surface area contributed by atoms with Crippen molar-refractivity contribution in [3.63, 3.8) is 0 Å². The Hall–Kier alpha value is -0.850. The summed E-state index contributed by atoms with van der Waals surface area (Å²) in [6.45, 7) is 14.5. The first-order valence-corrected chi connectivity index (χ1v) is 6.19. The van der Waals surface area contributed by atoms with E-state index < -0.39 is 0 Å². The third-order valence-electron chi connectivity index (χ3n) is 1.88. The quantitative estimate of drug-likeness (QED) is 0.680. The molecule has 1 nitrogen and oxygen atoms in total. The summed E-state index contributed by atoms with van der Waals surface area (Å²) >= 11 is 0. The van der Waals surface area contributed by atoms with Gasteiger partial charge in [-0.3, -0.25) is 4.98 Å². The van der Waals surface area contributed by atoms with E-state index in [2.05, 4.69) is 37.9 Å². The molecule has 0 aromatic carbocycles. The number of nitrogens with zero attached hydrogens (tertiary/aromatic N) is 1. The molecule has 0 spiro atoms. The molecule has 0 bridgehead atoms. The highest BCUT2D eigenvalue weighted by Crippen LogP contribution is 2.12. The second-order valence-electron chi connectivity index (χ2n) is 3.09. The zero-order valence-electron chi connectivity index (χ0n) is 11.5. The second-order valence-corrected chi connectivity index (χ2v) is 3.09. The van der Waals surface area contributed by atoms with Crippen LogP contribution in [-0.4, -0.2) is 4.98 Å². The summed E-state index contributed by atoms with van der Waals surface area (Å²) in [5.74, 6) is 0.591. The van der Waals surface area contributed by atoms with Gasteiger partial charge in [-0.05, 0) is 24.0 Å². The Labute approximate surface area is 95.9 Å². The summed E-state index contributed by atoms with van der Waals surface area (Å²) < 4.78 is 0. The molecular weight excluding hydrogens is 182 g/mol. The number of aryl methyl sites for hydroxylation is 1. The average Bonchev–Trinajstić information content (AvgIpc) is 2.34. The third kappa shape index (κ3) is 7.12. The van der Waals surface area contributed by atoms with Crippen molar-refractivity contribution in [1.29, 1.82) is 0 Å². The molecule has 0 fully saturated rings. The highest BCUT2D eigenvalue weighted by Gasteiger charge is 1.97. The molecule has 0 saturated heterocycles. The van der Waals surface area contributed by atoms with Gasteiger partial charge in [0.1, 0.15) is 0 Å². The second kappa shape index (κ2) is 11.2. The number of hydrogen-bond acceptors (Lipinski definition) is 1. The fourth-order valence-corrected chi connectivity index (χ4v) is 0.987. The minimum absolute atomic E-state index is 0.591. The molecule has 0 unspecified atom stereocenters. The van der Waals surface area contributed by atoms with Gasteiger partial charge in [-0.15, -0.1) is 0 Å². The maximum atomic E-state index is 4.32. The molecule has 1 aromatic rings. The lowest BCUT2D eigenvalue weighted by molar-refractivity contribution is 0.851. The first-order valence-electron chi connectivity index (χ1n) is 6.19. The van der Waals surface area contributed by atoms with Gasteiger partial charge in [-0.1, -0.05) is 54.5 Å². The van der Waals surface area contributed by atoms with Crippen molar-refractivity contribution in [1.82, 2.24) is 4.98 Å². The number of pyridine rings is 1. The van der Waals surface area contributed by atoms with Gasteiger partial charge in [0.15, 0.2) is 0 Å². The van der Waals surface area contributed by atoms with Gasteiger partial charge in [-0.2, -0.15) is 0 Å². The minimum Gasteiger partial charge on any atom is -0.261 e. The Morgan fingerprint density at radius 1 is 1.07 bits per heavy atom. The molecule has 88 valence electrons. The average molecular weight is 209 g/mol. The highest BCUT2D eigenvalue weighted by molar-refractivity contribution is 5.16. The summed E-state index contributed by atoms with van der Waals surface area (Å²) in [4.78, 5) is 4.32. The van der Waals surface area contributed by atoms with Gasteiger partial charge in [0.25, 0.3) is 0 Å². The Morgan fingerprint density at radius 3 is 1.87 bits per heavy atom. The number of aromatic nitrogens is 1. The molecule has 0 aliphatic rings. The predicted molar refractivity (Wildman–Crippen MR) is 70.4 cm³/mol. The number of hydrogen-bond donors (Lipinski definition) is 0. The Morgan fingerprint density at radius 2 is 1.60 bits per heavy atom. The van der Waals surface area contributed by atoms with Gasteiger partial charge in [0, 0.05) is 11.9 Å². The fourth-order valence-electron chi connectivity index (χ4n) is 0.987. The summed E-state index contributed by atoms with van der Waals surface area (Å²) in [5.41, 5.74) is 2.50. The lowest BCUT2D eigenvalue weighted by atomic mass is 10.1. The van der Waals surface area contributed by atoms with E-state index in [1.54, 1.807) is 0 Å². The van der Waals surface area contributed by atoms with Crippen molar-refractivity contribution in [2.24, 2.45) is 0 Å². The Balaban J connectivity index is 0. The monoisotopic (exact) mass is 209 g/mol. The SMILES string of the molecule is CC.CC.CCc1ccc(C(C)C)cn1. The van der Waals surface area contributed by atoms with Crippen LogP contribution >= 0.6 is 0 Å². The smallest absolute Gasteiger partial charge is 0.0401 e. The van der Waals surface area contributed by atoms with Gasteiger partial charge < -0.3 is 0 Å². The van der Waals surface area contributed by atoms with Crippen LogP contribution < -0.4 is 0 Å². The molecule has 0 aliphatic carbocycles. The van der Waals surface area contributed by atoms with Crippen LogP contribution in [0.3, 0.4) is 0 Å². The largest absolute Gasteiger partial charge is 0.261 e. The van der Waals surface area contributed by atoms with Crippen LogP contribution in [0.25, 0.3) is 0 Å². The lowest BCUT2D eigenvalue weighted by Crippen LogP contribution is -1.91. The summed E-state index contributed by atoms with van der Waals surface area (Å²) in [7, 11) is 0. The van der Waals surface area contributed by atoms with Crippen LogP contribution in [0.2, 0.25) is 0 Å². The van der Waals surface area contributed by atoms with Crippen molar-refractivity contribution in [3.8, 4) is 0 Å². The molecule has 1 rings (SSSR count). The fraction of sp³-hybridized carbons (Fsp3) is 0.643. The Bertz CT molecular complexity index is 211. The molecule has 0 aliphatic heterocycles. The van der Waals surface area contributed by atoms with Crippen molar-refractivity contribution < 1.29 is 0 Å². The van der Waals surface area contributed by atoms with Crippen molar-refractivity contribution in [2.75, 3.05) is 0 Å². The van der Waals surface area contributed by atoms with Crippen molar-refractivity contribution in [3.05, 3.63) is 29.6 Å². The van der Waals surface area contributed by atoms with Gasteiger partial charge in [-0.25, -0.2) is 0 Å². The van der Waals surface area contributed by atoms with Gasteiger partial charge in [0.05, 0.1) is 0 Å². The van der Waals surface area contributed by atoms with E-state index in [9.17, 15) is 0 Å². The van der Waals surface area contributed by atoms with Crippen LogP contribution in [0.4, 0.5) is 0 Å². The van der Waals surface area contributed by atoms with Crippen LogP contribution in [0.5, 0.6) is 0 Å². The van der Waals surface area contributed by atoms with Crippen molar-refractivity contribution >= 4 is 0 Å². The van der Waals surface area contributed by atoms with Gasteiger partial charge in [0.2, 0.25) is 0 Å². The maximum Gasteiger partial charge on any atom is 0.0401 e. The minimum atomic E-state index is 0.591. The predicted octanol–water partition coefficient (Wildman–Crippen LogP) is 4.82. The molecule has 0 atom stereocenters. The molecule has 15 heavy (non-hydrogen) atoms. The summed E-state index contributed by atoms with van der Waals surface area (Å²) in [6, 6.07) is 4.27. The first-order chi connectivity index (χ1) is 7.24. The maximum absolute atomic E-state index is 4.32. The van der Waals surface area contributed by atoms with E-state index in [1.165, 1.54) is 11.3 Å². The Kier molecular flexibility index (Phi) is 12.4. The third-order valence-corrected chi connectivity index (χ3v) is 1.88. The zero-order chi connectivity index (χ0) is 12.3. The molecule has 0 N–H and O–H groups in total. The zero-order valence-corrected chi connectivity index (χ0v) is 11.5. The van der Waals surface area contributed by atoms with E-state index in [0.29, 0.717) is 5.92 Å².